The van der Waals surface area contributed by atoms with Crippen molar-refractivity contribution in [3.05, 3.63) is 65.7 Å². The lowest BCUT2D eigenvalue weighted by molar-refractivity contribution is -0.124. The number of carbonyl (C=O) groups excluding carboxylic acids is 2. The first-order valence-electron chi connectivity index (χ1n) is 9.45. The van der Waals surface area contributed by atoms with Crippen LogP contribution in [0.15, 0.2) is 59.5 Å². The summed E-state index contributed by atoms with van der Waals surface area (Å²) in [5.74, 6) is -1.14. The highest BCUT2D eigenvalue weighted by atomic mass is 32.2. The highest BCUT2D eigenvalue weighted by molar-refractivity contribution is 7.89. The third-order valence-corrected chi connectivity index (χ3v) is 6.46. The van der Waals surface area contributed by atoms with Crippen LogP contribution in [0.25, 0.3) is 0 Å². The number of rotatable bonds is 9. The third kappa shape index (κ3) is 5.21. The third-order valence-electron chi connectivity index (χ3n) is 4.91. The summed E-state index contributed by atoms with van der Waals surface area (Å²) in [6, 6.07) is 15.5. The van der Waals surface area contributed by atoms with E-state index in [1.54, 1.807) is 6.92 Å². The van der Waals surface area contributed by atoms with Crippen molar-refractivity contribution >= 4 is 21.9 Å². The molecule has 1 amide bonds. The molecule has 2 aromatic rings. The van der Waals surface area contributed by atoms with Gasteiger partial charge >= 0.3 is 5.97 Å². The second kappa shape index (κ2) is 8.75. The first-order chi connectivity index (χ1) is 13.9. The summed E-state index contributed by atoms with van der Waals surface area (Å²) in [7, 11) is -3.68. The summed E-state index contributed by atoms with van der Waals surface area (Å²) in [4.78, 5) is 24.3. The van der Waals surface area contributed by atoms with Gasteiger partial charge in [-0.25, -0.2) is 17.9 Å². The van der Waals surface area contributed by atoms with E-state index < -0.39 is 28.5 Å². The van der Waals surface area contributed by atoms with E-state index in [-0.39, 0.29) is 22.4 Å². The lowest BCUT2D eigenvalue weighted by atomic mass is 9.96. The van der Waals surface area contributed by atoms with Crippen LogP contribution in [0.1, 0.15) is 35.7 Å². The Hall–Kier alpha value is -2.71. The van der Waals surface area contributed by atoms with Crippen molar-refractivity contribution < 1.29 is 22.7 Å². The monoisotopic (exact) mass is 416 g/mol. The molecular formula is C21H24N2O5S. The summed E-state index contributed by atoms with van der Waals surface area (Å²) in [6.45, 7) is 1.97. The summed E-state index contributed by atoms with van der Waals surface area (Å²) >= 11 is 0. The van der Waals surface area contributed by atoms with Crippen LogP contribution in [-0.2, 0) is 25.0 Å². The molecule has 0 heterocycles. The Morgan fingerprint density at radius 2 is 1.79 bits per heavy atom. The lowest BCUT2D eigenvalue weighted by Crippen LogP contribution is -2.35. The van der Waals surface area contributed by atoms with Gasteiger partial charge in [0.05, 0.1) is 10.5 Å². The Morgan fingerprint density at radius 1 is 1.07 bits per heavy atom. The van der Waals surface area contributed by atoms with Crippen LogP contribution >= 0.6 is 0 Å². The van der Waals surface area contributed by atoms with Crippen LogP contribution in [0.5, 0.6) is 0 Å². The molecule has 0 atom stereocenters. The topological polar surface area (TPSA) is 102 Å². The highest BCUT2D eigenvalue weighted by Crippen LogP contribution is 2.47. The molecule has 7 nitrogen and oxygen atoms in total. The second-order valence-electron chi connectivity index (χ2n) is 7.03. The molecule has 0 radical (unpaired) electrons. The number of carbonyl (C=O) groups is 2. The second-order valence-corrected chi connectivity index (χ2v) is 8.80. The first-order valence-corrected chi connectivity index (χ1v) is 10.9. The van der Waals surface area contributed by atoms with Gasteiger partial charge in [0, 0.05) is 18.5 Å². The molecule has 29 heavy (non-hydrogen) atoms. The Labute approximate surface area is 170 Å². The number of hydrogen-bond acceptors (Lipinski definition) is 5. The Bertz CT molecular complexity index is 985. The van der Waals surface area contributed by atoms with Crippen molar-refractivity contribution in [3.8, 4) is 0 Å². The summed E-state index contributed by atoms with van der Waals surface area (Å²) in [6.07, 6.45) is 2.01. The van der Waals surface area contributed by atoms with Crippen LogP contribution in [0, 0.1) is 0 Å². The maximum absolute atomic E-state index is 12.2. The summed E-state index contributed by atoms with van der Waals surface area (Å²) in [5, 5.41) is 2.82. The molecule has 1 fully saturated rings. The van der Waals surface area contributed by atoms with E-state index in [1.165, 1.54) is 29.8 Å². The number of sulfonamides is 1. The average molecular weight is 416 g/mol. The zero-order chi connectivity index (χ0) is 20.9. The minimum absolute atomic E-state index is 0.0308. The van der Waals surface area contributed by atoms with Crippen LogP contribution in [0.3, 0.4) is 0 Å². The molecule has 0 aliphatic heterocycles. The Morgan fingerprint density at radius 3 is 2.45 bits per heavy atom. The zero-order valence-electron chi connectivity index (χ0n) is 16.2. The fraction of sp³-hybridized carbons (Fsp3) is 0.333. The molecule has 0 spiro atoms. The zero-order valence-corrected chi connectivity index (χ0v) is 17.0. The average Bonchev–Trinajstić information content (AvgIpc) is 3.52. The Balaban J connectivity index is 1.53. The van der Waals surface area contributed by atoms with Crippen molar-refractivity contribution in [2.45, 2.75) is 30.1 Å². The van der Waals surface area contributed by atoms with Gasteiger partial charge < -0.3 is 10.1 Å². The predicted octanol–water partition coefficient (Wildman–Crippen LogP) is 1.99. The summed E-state index contributed by atoms with van der Waals surface area (Å²) in [5.41, 5.74) is 1.23. The molecule has 1 aliphatic carbocycles. The maximum atomic E-state index is 12.2. The van der Waals surface area contributed by atoms with Crippen molar-refractivity contribution in [1.29, 1.82) is 0 Å². The van der Waals surface area contributed by atoms with Crippen LogP contribution in [0.2, 0.25) is 0 Å². The molecule has 2 N–H and O–H groups in total. The van der Waals surface area contributed by atoms with E-state index in [9.17, 15) is 18.0 Å². The number of benzene rings is 2. The van der Waals surface area contributed by atoms with Gasteiger partial charge in [0.1, 0.15) is 0 Å². The van der Waals surface area contributed by atoms with Gasteiger partial charge in [-0.05, 0) is 36.6 Å². The fourth-order valence-electron chi connectivity index (χ4n) is 3.11. The van der Waals surface area contributed by atoms with Crippen LogP contribution in [0.4, 0.5) is 0 Å². The standard InChI is InChI=1S/C21H24N2O5S/c1-2-23-29(26,27)18-10-6-7-16(13-18)20(25)28-14-19(24)22-15-21(11-12-21)17-8-4-3-5-9-17/h3-10,13,23H,2,11-12,14-15H2,1H3,(H,22,24). The van der Waals surface area contributed by atoms with Gasteiger partial charge in [-0.15, -0.1) is 0 Å². The number of nitrogens with one attached hydrogen (secondary N) is 2. The van der Waals surface area contributed by atoms with Gasteiger partial charge in [0.25, 0.3) is 5.91 Å². The van der Waals surface area contributed by atoms with Crippen molar-refractivity contribution in [3.63, 3.8) is 0 Å². The van der Waals surface area contributed by atoms with Crippen molar-refractivity contribution in [1.82, 2.24) is 10.0 Å². The quantitative estimate of drug-likeness (QED) is 0.609. The molecular weight excluding hydrogens is 392 g/mol. The van der Waals surface area contributed by atoms with Crippen LogP contribution < -0.4 is 10.0 Å². The smallest absolute Gasteiger partial charge is 0.338 e. The SMILES string of the molecule is CCNS(=O)(=O)c1cccc(C(=O)OCC(=O)NCC2(c3ccccc3)CC2)c1. The van der Waals surface area contributed by atoms with E-state index in [2.05, 4.69) is 10.0 Å². The van der Waals surface area contributed by atoms with E-state index >= 15 is 0 Å². The molecule has 1 saturated carbocycles. The minimum Gasteiger partial charge on any atom is -0.452 e. The molecule has 154 valence electrons. The fourth-order valence-corrected chi connectivity index (χ4v) is 4.19. The molecule has 1 aliphatic rings. The molecule has 3 rings (SSSR count). The van der Waals surface area contributed by atoms with E-state index in [0.717, 1.165) is 12.8 Å². The van der Waals surface area contributed by atoms with Gasteiger partial charge in [-0.2, -0.15) is 0 Å². The number of esters is 1. The first kappa shape index (κ1) is 21.0. The van der Waals surface area contributed by atoms with Gasteiger partial charge in [-0.1, -0.05) is 43.3 Å². The molecule has 8 heteroatoms. The Kier molecular flexibility index (Phi) is 6.34. The minimum atomic E-state index is -3.68. The molecule has 2 aromatic carbocycles. The highest BCUT2D eigenvalue weighted by Gasteiger charge is 2.44. The molecule has 0 unspecified atom stereocenters. The van der Waals surface area contributed by atoms with Crippen LogP contribution in [-0.4, -0.2) is 40.0 Å². The number of hydrogen-bond donors (Lipinski definition) is 2. The van der Waals surface area contributed by atoms with E-state index in [1.807, 2.05) is 30.3 Å². The summed E-state index contributed by atoms with van der Waals surface area (Å²) < 4.78 is 31.5. The van der Waals surface area contributed by atoms with Crippen molar-refractivity contribution in [2.75, 3.05) is 19.7 Å². The normalized spacial score (nSPS) is 14.8. The number of ether oxygens (including phenoxy) is 1. The van der Waals surface area contributed by atoms with E-state index in [4.69, 9.17) is 4.74 Å². The molecule has 0 aromatic heterocycles. The van der Waals surface area contributed by atoms with Crippen molar-refractivity contribution in [2.24, 2.45) is 0 Å². The number of amides is 1. The predicted molar refractivity (Wildman–Crippen MR) is 108 cm³/mol. The maximum Gasteiger partial charge on any atom is 0.338 e. The largest absolute Gasteiger partial charge is 0.452 e. The molecule has 0 bridgehead atoms. The van der Waals surface area contributed by atoms with Gasteiger partial charge in [-0.3, -0.25) is 4.79 Å². The van der Waals surface area contributed by atoms with E-state index in [0.29, 0.717) is 6.54 Å². The van der Waals surface area contributed by atoms with Gasteiger partial charge in [0.2, 0.25) is 10.0 Å². The molecule has 0 saturated heterocycles. The lowest BCUT2D eigenvalue weighted by Gasteiger charge is -2.16. The van der Waals surface area contributed by atoms with Gasteiger partial charge in [0.15, 0.2) is 6.61 Å².